The largest absolute Gasteiger partial charge is 0.306 e. The highest BCUT2D eigenvalue weighted by Gasteiger charge is 2.39. The van der Waals surface area contributed by atoms with E-state index in [0.29, 0.717) is 12.8 Å². The fourth-order valence-electron chi connectivity index (χ4n) is 3.81. The van der Waals surface area contributed by atoms with Gasteiger partial charge in [0.15, 0.2) is 0 Å². The Labute approximate surface area is 102 Å². The molecule has 1 heterocycles. The summed E-state index contributed by atoms with van der Waals surface area (Å²) in [5, 5.41) is 5.75. The summed E-state index contributed by atoms with van der Waals surface area (Å²) in [5.41, 5.74) is 0. The first-order valence-electron chi connectivity index (χ1n) is 6.79. The molecule has 0 aromatic carbocycles. The Kier molecular flexibility index (Phi) is 2.90. The van der Waals surface area contributed by atoms with E-state index < -0.39 is 0 Å². The van der Waals surface area contributed by atoms with Crippen LogP contribution in [0.15, 0.2) is 0 Å². The van der Waals surface area contributed by atoms with Crippen LogP contribution in [0.4, 0.5) is 0 Å². The third-order valence-corrected chi connectivity index (χ3v) is 4.75. The third kappa shape index (κ3) is 2.23. The van der Waals surface area contributed by atoms with Crippen molar-refractivity contribution in [1.82, 2.24) is 10.6 Å². The number of carbonyl (C=O) groups is 2. The van der Waals surface area contributed by atoms with E-state index >= 15 is 0 Å². The molecule has 17 heavy (non-hydrogen) atoms. The molecule has 3 fully saturated rings. The van der Waals surface area contributed by atoms with Gasteiger partial charge >= 0.3 is 0 Å². The van der Waals surface area contributed by atoms with Gasteiger partial charge in [0.1, 0.15) is 0 Å². The lowest BCUT2D eigenvalue weighted by atomic mass is 9.88. The second kappa shape index (κ2) is 4.41. The van der Waals surface area contributed by atoms with Crippen LogP contribution in [0.5, 0.6) is 0 Å². The molecule has 2 bridgehead atoms. The van der Waals surface area contributed by atoms with Crippen molar-refractivity contribution in [1.29, 1.82) is 0 Å². The van der Waals surface area contributed by atoms with E-state index in [0.717, 1.165) is 24.3 Å². The number of hydrogen-bond acceptors (Lipinski definition) is 3. The van der Waals surface area contributed by atoms with E-state index in [9.17, 15) is 9.59 Å². The fraction of sp³-hybridized carbons (Fsp3) is 0.846. The zero-order valence-electron chi connectivity index (χ0n) is 10.1. The van der Waals surface area contributed by atoms with Gasteiger partial charge in [-0.3, -0.25) is 14.9 Å². The minimum absolute atomic E-state index is 0.132. The molecule has 4 heteroatoms. The summed E-state index contributed by atoms with van der Waals surface area (Å²) in [6, 6.07) is -0.146. The number of imide groups is 1. The molecule has 0 spiro atoms. The molecule has 1 aliphatic heterocycles. The number of carbonyl (C=O) groups excluding carboxylic acids is 2. The topological polar surface area (TPSA) is 58.2 Å². The van der Waals surface area contributed by atoms with Gasteiger partial charge in [-0.1, -0.05) is 6.42 Å². The summed E-state index contributed by atoms with van der Waals surface area (Å²) >= 11 is 0. The smallest absolute Gasteiger partial charge is 0.243 e. The summed E-state index contributed by atoms with van der Waals surface area (Å²) in [5.74, 6) is 2.34. The highest BCUT2D eigenvalue weighted by atomic mass is 16.2. The van der Waals surface area contributed by atoms with Crippen LogP contribution in [0.25, 0.3) is 0 Å². The number of rotatable bonds is 3. The van der Waals surface area contributed by atoms with Crippen LogP contribution in [0.3, 0.4) is 0 Å². The average molecular weight is 236 g/mol. The standard InChI is InChI=1S/C13H20N2O2/c16-12-4-3-11(13(17)15-12)14-7-10-6-8-1-2-9(10)5-8/h8-11,14H,1-7H2,(H,15,16,17). The van der Waals surface area contributed by atoms with Crippen LogP contribution < -0.4 is 10.6 Å². The summed E-state index contributed by atoms with van der Waals surface area (Å²) in [6.07, 6.45) is 6.67. The molecular weight excluding hydrogens is 216 g/mol. The number of piperidine rings is 1. The summed E-state index contributed by atoms with van der Waals surface area (Å²) in [6.45, 7) is 0.952. The molecule has 1 saturated heterocycles. The summed E-state index contributed by atoms with van der Waals surface area (Å²) in [7, 11) is 0. The van der Waals surface area contributed by atoms with E-state index in [1.807, 2.05) is 0 Å². The average Bonchev–Trinajstić information content (AvgIpc) is 2.89. The van der Waals surface area contributed by atoms with E-state index in [2.05, 4.69) is 10.6 Å². The molecule has 2 N–H and O–H groups in total. The minimum Gasteiger partial charge on any atom is -0.306 e. The van der Waals surface area contributed by atoms with Crippen LogP contribution in [-0.2, 0) is 9.59 Å². The molecule has 2 aliphatic carbocycles. The number of hydrogen-bond donors (Lipinski definition) is 2. The zero-order chi connectivity index (χ0) is 11.8. The lowest BCUT2D eigenvalue weighted by Gasteiger charge is -2.26. The van der Waals surface area contributed by atoms with Crippen molar-refractivity contribution in [2.45, 2.75) is 44.6 Å². The SMILES string of the molecule is O=C1CCC(NCC2CC3CCC2C3)C(=O)N1. The Hall–Kier alpha value is -0.900. The van der Waals surface area contributed by atoms with Crippen LogP contribution in [0, 0.1) is 17.8 Å². The normalized spacial score (nSPS) is 40.7. The van der Waals surface area contributed by atoms with Crippen LogP contribution in [-0.4, -0.2) is 24.4 Å². The molecule has 2 saturated carbocycles. The predicted octanol–water partition coefficient (Wildman–Crippen LogP) is 0.817. The summed E-state index contributed by atoms with van der Waals surface area (Å²) < 4.78 is 0. The number of nitrogens with one attached hydrogen (secondary N) is 2. The molecule has 3 aliphatic rings. The van der Waals surface area contributed by atoms with E-state index in [4.69, 9.17) is 0 Å². The minimum atomic E-state index is -0.146. The van der Waals surface area contributed by atoms with Crippen molar-refractivity contribution in [3.05, 3.63) is 0 Å². The third-order valence-electron chi connectivity index (χ3n) is 4.75. The number of fused-ring (bicyclic) bond motifs is 2. The van der Waals surface area contributed by atoms with Gasteiger partial charge in [-0.15, -0.1) is 0 Å². The van der Waals surface area contributed by atoms with Gasteiger partial charge in [0.25, 0.3) is 0 Å². The van der Waals surface area contributed by atoms with Crippen LogP contribution in [0.2, 0.25) is 0 Å². The van der Waals surface area contributed by atoms with Gasteiger partial charge in [0.05, 0.1) is 6.04 Å². The zero-order valence-corrected chi connectivity index (χ0v) is 10.1. The first-order chi connectivity index (χ1) is 8.22. The summed E-state index contributed by atoms with van der Waals surface area (Å²) in [4.78, 5) is 22.6. The molecule has 0 aromatic rings. The maximum atomic E-state index is 11.6. The molecule has 94 valence electrons. The van der Waals surface area contributed by atoms with Gasteiger partial charge in [0.2, 0.25) is 11.8 Å². The first-order valence-corrected chi connectivity index (χ1v) is 6.79. The molecule has 0 radical (unpaired) electrons. The molecule has 3 rings (SSSR count). The van der Waals surface area contributed by atoms with Crippen molar-refractivity contribution in [2.75, 3.05) is 6.54 Å². The Morgan fingerprint density at radius 2 is 2.06 bits per heavy atom. The Morgan fingerprint density at radius 1 is 1.18 bits per heavy atom. The van der Waals surface area contributed by atoms with Crippen molar-refractivity contribution in [3.8, 4) is 0 Å². The molecule has 2 amide bonds. The molecule has 4 atom stereocenters. The van der Waals surface area contributed by atoms with E-state index in [-0.39, 0.29) is 17.9 Å². The van der Waals surface area contributed by atoms with Gasteiger partial charge < -0.3 is 5.32 Å². The van der Waals surface area contributed by atoms with Crippen LogP contribution in [0.1, 0.15) is 38.5 Å². The van der Waals surface area contributed by atoms with Crippen molar-refractivity contribution >= 4 is 11.8 Å². The highest BCUT2D eigenvalue weighted by molar-refractivity contribution is 6.00. The Balaban J connectivity index is 1.48. The lowest BCUT2D eigenvalue weighted by Crippen LogP contribution is -2.51. The Morgan fingerprint density at radius 3 is 2.71 bits per heavy atom. The number of amides is 2. The highest BCUT2D eigenvalue weighted by Crippen LogP contribution is 2.47. The van der Waals surface area contributed by atoms with Gasteiger partial charge in [0, 0.05) is 6.42 Å². The monoisotopic (exact) mass is 236 g/mol. The van der Waals surface area contributed by atoms with Gasteiger partial charge in [-0.25, -0.2) is 0 Å². The molecular formula is C13H20N2O2. The van der Waals surface area contributed by atoms with Gasteiger partial charge in [-0.05, 0) is 50.0 Å². The molecule has 0 aromatic heterocycles. The van der Waals surface area contributed by atoms with Gasteiger partial charge in [-0.2, -0.15) is 0 Å². The Bertz CT molecular complexity index is 342. The molecule has 4 unspecified atom stereocenters. The second-order valence-corrected chi connectivity index (χ2v) is 5.85. The van der Waals surface area contributed by atoms with Crippen molar-refractivity contribution in [2.24, 2.45) is 17.8 Å². The van der Waals surface area contributed by atoms with Crippen LogP contribution >= 0.6 is 0 Å². The van der Waals surface area contributed by atoms with Crippen molar-refractivity contribution in [3.63, 3.8) is 0 Å². The van der Waals surface area contributed by atoms with Crippen molar-refractivity contribution < 1.29 is 9.59 Å². The second-order valence-electron chi connectivity index (χ2n) is 5.85. The van der Waals surface area contributed by atoms with E-state index in [1.54, 1.807) is 0 Å². The maximum absolute atomic E-state index is 11.6. The quantitative estimate of drug-likeness (QED) is 0.713. The first kappa shape index (κ1) is 11.2. The molecule has 4 nitrogen and oxygen atoms in total. The van der Waals surface area contributed by atoms with E-state index in [1.165, 1.54) is 25.7 Å². The predicted molar refractivity (Wildman–Crippen MR) is 63.1 cm³/mol. The fourth-order valence-corrected chi connectivity index (χ4v) is 3.81. The maximum Gasteiger partial charge on any atom is 0.243 e. The lowest BCUT2D eigenvalue weighted by molar-refractivity contribution is -0.134.